The number of carbonyl (C=O) groups excluding carboxylic acids is 1. The Kier molecular flexibility index (Phi) is 4.01. The molecule has 1 aliphatic rings. The molecule has 1 amide bonds. The molecule has 1 aliphatic heterocycles. The van der Waals surface area contributed by atoms with Gasteiger partial charge in [-0.3, -0.25) is 4.79 Å². The van der Waals surface area contributed by atoms with Gasteiger partial charge in [0.25, 0.3) is 5.91 Å². The molecule has 104 valence electrons. The Balaban J connectivity index is 2.20. The molecular formula is C13H17FN2O3. The Labute approximate surface area is 110 Å². The Morgan fingerprint density at radius 2 is 2.16 bits per heavy atom. The van der Waals surface area contributed by atoms with Crippen LogP contribution in [0.15, 0.2) is 18.2 Å². The number of ether oxygens (including phenoxy) is 1. The third-order valence-electron chi connectivity index (χ3n) is 3.44. The van der Waals surface area contributed by atoms with Crippen LogP contribution in [0.4, 0.5) is 4.39 Å². The first kappa shape index (κ1) is 13.8. The summed E-state index contributed by atoms with van der Waals surface area (Å²) in [6.45, 7) is 1.25. The number of rotatable bonds is 3. The van der Waals surface area contributed by atoms with Gasteiger partial charge < -0.3 is 20.9 Å². The van der Waals surface area contributed by atoms with Gasteiger partial charge in [0, 0.05) is 19.8 Å². The van der Waals surface area contributed by atoms with Gasteiger partial charge in [-0.25, -0.2) is 4.39 Å². The molecule has 4 N–H and O–H groups in total. The molecule has 0 aromatic heterocycles. The Bertz CT molecular complexity index is 453. The predicted molar refractivity (Wildman–Crippen MR) is 67.4 cm³/mol. The zero-order chi connectivity index (χ0) is 13.9. The SMILES string of the molecule is NCC1(NC(=O)c2c(O)cccc2F)CCOCC1. The monoisotopic (exact) mass is 268 g/mol. The Morgan fingerprint density at radius 1 is 1.47 bits per heavy atom. The molecule has 0 spiro atoms. The first-order valence-electron chi connectivity index (χ1n) is 6.16. The van der Waals surface area contributed by atoms with Crippen LogP contribution in [0, 0.1) is 5.82 Å². The second-order valence-electron chi connectivity index (χ2n) is 4.68. The highest BCUT2D eigenvalue weighted by Gasteiger charge is 2.34. The van der Waals surface area contributed by atoms with Crippen molar-refractivity contribution < 1.29 is 19.0 Å². The molecule has 1 aromatic carbocycles. The van der Waals surface area contributed by atoms with Crippen molar-refractivity contribution in [2.75, 3.05) is 19.8 Å². The molecule has 1 saturated heterocycles. The van der Waals surface area contributed by atoms with Crippen molar-refractivity contribution in [1.29, 1.82) is 0 Å². The first-order valence-corrected chi connectivity index (χ1v) is 6.16. The number of phenols is 1. The second-order valence-corrected chi connectivity index (χ2v) is 4.68. The highest BCUT2D eigenvalue weighted by molar-refractivity contribution is 5.97. The van der Waals surface area contributed by atoms with Gasteiger partial charge in [0.05, 0.1) is 5.54 Å². The summed E-state index contributed by atoms with van der Waals surface area (Å²) in [5.41, 5.74) is 4.78. The molecule has 1 aromatic rings. The van der Waals surface area contributed by atoms with Gasteiger partial charge in [-0.1, -0.05) is 6.07 Å². The first-order chi connectivity index (χ1) is 9.08. The summed E-state index contributed by atoms with van der Waals surface area (Å²) in [5, 5.41) is 12.3. The van der Waals surface area contributed by atoms with Crippen molar-refractivity contribution in [3.05, 3.63) is 29.6 Å². The average molecular weight is 268 g/mol. The third-order valence-corrected chi connectivity index (χ3v) is 3.44. The maximum atomic E-state index is 13.6. The molecule has 0 saturated carbocycles. The van der Waals surface area contributed by atoms with E-state index in [1.807, 2.05) is 0 Å². The lowest BCUT2D eigenvalue weighted by molar-refractivity contribution is 0.0387. The summed E-state index contributed by atoms with van der Waals surface area (Å²) >= 11 is 0. The number of halogens is 1. The average Bonchev–Trinajstić information content (AvgIpc) is 2.39. The van der Waals surface area contributed by atoms with Crippen molar-refractivity contribution in [2.24, 2.45) is 5.73 Å². The van der Waals surface area contributed by atoms with Gasteiger partial charge in [-0.2, -0.15) is 0 Å². The lowest BCUT2D eigenvalue weighted by Gasteiger charge is -2.37. The Hall–Kier alpha value is -1.66. The summed E-state index contributed by atoms with van der Waals surface area (Å²) in [5.74, 6) is -1.78. The summed E-state index contributed by atoms with van der Waals surface area (Å²) in [6, 6.07) is 3.75. The second kappa shape index (κ2) is 5.54. The van der Waals surface area contributed by atoms with Crippen LogP contribution in [0.25, 0.3) is 0 Å². The molecule has 6 heteroatoms. The molecule has 5 nitrogen and oxygen atoms in total. The van der Waals surface area contributed by atoms with E-state index in [2.05, 4.69) is 5.32 Å². The van der Waals surface area contributed by atoms with Gasteiger partial charge in [0.1, 0.15) is 17.1 Å². The molecule has 1 fully saturated rings. The summed E-state index contributed by atoms with van der Waals surface area (Å²) in [6.07, 6.45) is 1.15. The van der Waals surface area contributed by atoms with Crippen LogP contribution >= 0.6 is 0 Å². The van der Waals surface area contributed by atoms with Crippen LogP contribution in [0.3, 0.4) is 0 Å². The fraction of sp³-hybridized carbons (Fsp3) is 0.462. The van der Waals surface area contributed by atoms with E-state index in [1.165, 1.54) is 12.1 Å². The summed E-state index contributed by atoms with van der Waals surface area (Å²) in [7, 11) is 0. The minimum Gasteiger partial charge on any atom is -0.507 e. The fourth-order valence-electron chi connectivity index (χ4n) is 2.18. The minimum absolute atomic E-state index is 0.247. The van der Waals surface area contributed by atoms with Crippen LogP contribution < -0.4 is 11.1 Å². The zero-order valence-electron chi connectivity index (χ0n) is 10.5. The van der Waals surface area contributed by atoms with Gasteiger partial charge >= 0.3 is 0 Å². The third kappa shape index (κ3) is 2.85. The van der Waals surface area contributed by atoms with Crippen molar-refractivity contribution in [2.45, 2.75) is 18.4 Å². The van der Waals surface area contributed by atoms with Crippen LogP contribution in [-0.4, -0.2) is 36.3 Å². The van der Waals surface area contributed by atoms with E-state index in [4.69, 9.17) is 10.5 Å². The van der Waals surface area contributed by atoms with Crippen LogP contribution in [0.5, 0.6) is 5.75 Å². The molecule has 1 heterocycles. The number of hydrogen-bond donors (Lipinski definition) is 3. The van der Waals surface area contributed by atoms with Crippen molar-refractivity contribution in [3.63, 3.8) is 0 Å². The van der Waals surface area contributed by atoms with Gasteiger partial charge in [-0.15, -0.1) is 0 Å². The van der Waals surface area contributed by atoms with Gasteiger partial charge in [-0.05, 0) is 25.0 Å². The van der Waals surface area contributed by atoms with E-state index < -0.39 is 17.3 Å². The van der Waals surface area contributed by atoms with Crippen molar-refractivity contribution in [3.8, 4) is 5.75 Å². The molecule has 0 aliphatic carbocycles. The number of aromatic hydroxyl groups is 1. The largest absolute Gasteiger partial charge is 0.507 e. The minimum atomic E-state index is -0.753. The maximum Gasteiger partial charge on any atom is 0.258 e. The molecule has 0 unspecified atom stereocenters. The number of carbonyl (C=O) groups is 1. The number of benzene rings is 1. The molecule has 0 radical (unpaired) electrons. The molecule has 0 atom stereocenters. The van der Waals surface area contributed by atoms with Gasteiger partial charge in [0.15, 0.2) is 0 Å². The number of amides is 1. The lowest BCUT2D eigenvalue weighted by atomic mass is 9.89. The highest BCUT2D eigenvalue weighted by atomic mass is 19.1. The van der Waals surface area contributed by atoms with E-state index in [0.717, 1.165) is 6.07 Å². The lowest BCUT2D eigenvalue weighted by Crippen LogP contribution is -2.56. The van der Waals surface area contributed by atoms with Crippen molar-refractivity contribution >= 4 is 5.91 Å². The zero-order valence-corrected chi connectivity index (χ0v) is 10.5. The quantitative estimate of drug-likeness (QED) is 0.756. The number of hydrogen-bond acceptors (Lipinski definition) is 4. The van der Waals surface area contributed by atoms with E-state index in [0.29, 0.717) is 26.1 Å². The standard InChI is InChI=1S/C13H17FN2O3/c14-9-2-1-3-10(17)11(9)12(18)16-13(8-15)4-6-19-7-5-13/h1-3,17H,4-8,15H2,(H,16,18). The molecule has 2 rings (SSSR count). The maximum absolute atomic E-state index is 13.6. The summed E-state index contributed by atoms with van der Waals surface area (Å²) < 4.78 is 18.8. The van der Waals surface area contributed by atoms with Crippen LogP contribution in [0.2, 0.25) is 0 Å². The fourth-order valence-corrected chi connectivity index (χ4v) is 2.18. The van der Waals surface area contributed by atoms with E-state index >= 15 is 0 Å². The number of nitrogens with one attached hydrogen (secondary N) is 1. The summed E-state index contributed by atoms with van der Waals surface area (Å²) in [4.78, 5) is 12.1. The predicted octanol–water partition coefficient (Wildman–Crippen LogP) is 0.769. The van der Waals surface area contributed by atoms with Crippen molar-refractivity contribution in [1.82, 2.24) is 5.32 Å². The van der Waals surface area contributed by atoms with E-state index in [9.17, 15) is 14.3 Å². The highest BCUT2D eigenvalue weighted by Crippen LogP contribution is 2.24. The smallest absolute Gasteiger partial charge is 0.258 e. The number of nitrogens with two attached hydrogens (primary N) is 1. The number of phenolic OH excluding ortho intramolecular Hbond substituents is 1. The molecule has 0 bridgehead atoms. The van der Waals surface area contributed by atoms with E-state index in [-0.39, 0.29) is 17.9 Å². The van der Waals surface area contributed by atoms with E-state index in [1.54, 1.807) is 0 Å². The van der Waals surface area contributed by atoms with Crippen LogP contribution in [-0.2, 0) is 4.74 Å². The molecule has 19 heavy (non-hydrogen) atoms. The van der Waals surface area contributed by atoms with Crippen LogP contribution in [0.1, 0.15) is 23.2 Å². The normalized spacial score (nSPS) is 18.0. The Morgan fingerprint density at radius 3 is 2.74 bits per heavy atom. The topological polar surface area (TPSA) is 84.6 Å². The molecular weight excluding hydrogens is 251 g/mol. The van der Waals surface area contributed by atoms with Gasteiger partial charge in [0.2, 0.25) is 0 Å².